The standard InChI is InChI=1S/C61H86O18/c1-27-14-34-8-10-39-28(2)15-36(66-39)12-13-59-26-58(7)57(79-59)56-55(76-58)54(78-59)53-40(70-56)11-9-35(68-53)16-33(62)17-37-32(6)52-45(69-42(37)19-41(67-34)31(27)5)20-44-47(72-52)24-61(73-44)25-48-51(77-61)30(4)23-60(75-48)22-29(3)50-46(74-60)18-38(63)43(71-50)21-49(64)65/h27,29-30,32,34-48,50-57,63H,2,5,8-26H2,1,3-4,6-7H3,(H,64,65)/t27-,29+,30+,32-,34+,35-,36+,37-,38-,39+,40+,41-,42+,43-,44-,45+,46+,47-,48+,50+,51+,52+,53+,54+,55+,56-,57?,58+,59-,60-,61+/m1/s1. The first-order valence-electron chi connectivity index (χ1n) is 30.9. The van der Waals surface area contributed by atoms with Crippen molar-refractivity contribution in [3.05, 3.63) is 24.3 Å². The monoisotopic (exact) mass is 1110 g/mol. The van der Waals surface area contributed by atoms with Crippen LogP contribution in [-0.2, 0) is 75.9 Å². The zero-order valence-corrected chi connectivity index (χ0v) is 46.9. The topological polar surface area (TPSA) is 204 Å². The van der Waals surface area contributed by atoms with E-state index in [2.05, 4.69) is 47.8 Å². The molecule has 16 rings (SSSR count). The average Bonchev–Trinajstić information content (AvgIpc) is 3.34. The smallest absolute Gasteiger partial charge is 0.306 e. The lowest BCUT2D eigenvalue weighted by Gasteiger charge is -2.54. The number of fused-ring (bicyclic) bond motifs is 10. The number of carbonyl (C=O) groups excluding carboxylic acids is 1. The molecule has 0 amide bonds. The molecule has 16 aliphatic heterocycles. The minimum atomic E-state index is -0.999. The molecule has 0 aromatic carbocycles. The molecule has 16 aliphatic rings. The van der Waals surface area contributed by atoms with Gasteiger partial charge in [-0.2, -0.15) is 0 Å². The summed E-state index contributed by atoms with van der Waals surface area (Å²) in [5.41, 5.74) is 1.68. The number of aliphatic carboxylic acids is 1. The second kappa shape index (κ2) is 19.5. The molecule has 31 atom stereocenters. The molecule has 18 nitrogen and oxygen atoms in total. The molecule has 16 fully saturated rings. The van der Waals surface area contributed by atoms with Crippen molar-refractivity contribution >= 4 is 11.8 Å². The van der Waals surface area contributed by atoms with Crippen molar-refractivity contribution in [2.75, 3.05) is 0 Å². The molecule has 0 aromatic rings. The fraction of sp³-hybridized carbons (Fsp3) is 0.902. The highest BCUT2D eigenvalue weighted by Crippen LogP contribution is 2.60. The average molecular weight is 1110 g/mol. The first-order valence-corrected chi connectivity index (χ1v) is 30.9. The Hall–Kier alpha value is -1.98. The predicted molar refractivity (Wildman–Crippen MR) is 276 cm³/mol. The third-order valence-electron chi connectivity index (χ3n) is 22.5. The normalized spacial score (nSPS) is 58.5. The number of aliphatic hydroxyl groups is 1. The number of hydrogen-bond donors (Lipinski definition) is 2. The molecular formula is C61H86O18. The van der Waals surface area contributed by atoms with Gasteiger partial charge in [0, 0.05) is 70.6 Å². The van der Waals surface area contributed by atoms with Crippen molar-refractivity contribution in [3.63, 3.8) is 0 Å². The molecule has 0 saturated carbocycles. The van der Waals surface area contributed by atoms with E-state index in [1.54, 1.807) is 0 Å². The molecule has 16 heterocycles. The number of ether oxygens (including phenoxy) is 14. The van der Waals surface area contributed by atoms with Crippen LogP contribution in [0.15, 0.2) is 24.3 Å². The van der Waals surface area contributed by atoms with Gasteiger partial charge in [-0.15, -0.1) is 0 Å². The summed E-state index contributed by atoms with van der Waals surface area (Å²) in [5.74, 6) is -3.33. The Kier molecular flexibility index (Phi) is 13.3. The molecule has 438 valence electrons. The molecule has 0 aromatic heterocycles. The van der Waals surface area contributed by atoms with Crippen LogP contribution in [0.1, 0.15) is 157 Å². The summed E-state index contributed by atoms with van der Waals surface area (Å²) >= 11 is 0. The number of carboxylic acid groups (broad SMARTS) is 1. The molecule has 2 N–H and O–H groups in total. The van der Waals surface area contributed by atoms with Crippen LogP contribution in [0.5, 0.6) is 0 Å². The third-order valence-corrected chi connectivity index (χ3v) is 22.5. The Balaban J connectivity index is 0.663. The number of carboxylic acids is 1. The Labute approximate surface area is 464 Å². The van der Waals surface area contributed by atoms with E-state index in [-0.39, 0.29) is 171 Å². The van der Waals surface area contributed by atoms with Gasteiger partial charge in [0.05, 0.1) is 110 Å². The zero-order valence-electron chi connectivity index (χ0n) is 46.9. The van der Waals surface area contributed by atoms with Gasteiger partial charge >= 0.3 is 5.97 Å². The van der Waals surface area contributed by atoms with Crippen LogP contribution in [0.25, 0.3) is 0 Å². The Morgan fingerprint density at radius 2 is 1.27 bits per heavy atom. The summed E-state index contributed by atoms with van der Waals surface area (Å²) in [7, 11) is 0. The molecule has 18 heteroatoms. The Bertz CT molecular complexity index is 2420. The lowest BCUT2D eigenvalue weighted by atomic mass is 9.72. The Morgan fingerprint density at radius 1 is 0.557 bits per heavy atom. The van der Waals surface area contributed by atoms with Gasteiger partial charge in [-0.05, 0) is 92.6 Å². The number of rotatable bonds is 2. The van der Waals surface area contributed by atoms with Gasteiger partial charge in [-0.3, -0.25) is 9.59 Å². The number of carbonyl (C=O) groups is 2. The fourth-order valence-electron chi connectivity index (χ4n) is 18.9. The molecular weight excluding hydrogens is 1020 g/mol. The van der Waals surface area contributed by atoms with Crippen LogP contribution in [-0.4, -0.2) is 179 Å². The number of Topliss-reactive ketones (excluding diaryl/α,β-unsaturated/α-hetero) is 1. The van der Waals surface area contributed by atoms with E-state index in [1.165, 1.54) is 0 Å². The summed E-state index contributed by atoms with van der Waals surface area (Å²) < 4.78 is 97.5. The number of hydrogen-bond acceptors (Lipinski definition) is 17. The number of ketones is 1. The summed E-state index contributed by atoms with van der Waals surface area (Å²) in [6, 6.07) is 0. The van der Waals surface area contributed by atoms with Gasteiger partial charge in [0.2, 0.25) is 0 Å². The highest BCUT2D eigenvalue weighted by molar-refractivity contribution is 5.79. The van der Waals surface area contributed by atoms with Crippen molar-refractivity contribution in [3.8, 4) is 0 Å². The zero-order chi connectivity index (χ0) is 54.2. The molecule has 16 saturated heterocycles. The highest BCUT2D eigenvalue weighted by atomic mass is 16.8. The molecule has 1 unspecified atom stereocenters. The molecule has 12 bridgehead atoms. The van der Waals surface area contributed by atoms with Gasteiger partial charge in [0.15, 0.2) is 17.4 Å². The van der Waals surface area contributed by atoms with E-state index in [9.17, 15) is 19.8 Å². The second-order valence-electron chi connectivity index (χ2n) is 28.2. The summed E-state index contributed by atoms with van der Waals surface area (Å²) in [6.45, 7) is 20.1. The third kappa shape index (κ3) is 9.18. The summed E-state index contributed by atoms with van der Waals surface area (Å²) in [4.78, 5) is 26.4. The predicted octanol–water partition coefficient (Wildman–Crippen LogP) is 6.71. The maximum atomic E-state index is 14.8. The first kappa shape index (κ1) is 53.7. The van der Waals surface area contributed by atoms with Crippen LogP contribution in [0, 0.1) is 29.6 Å². The van der Waals surface area contributed by atoms with Gasteiger partial charge in [0.1, 0.15) is 41.9 Å². The summed E-state index contributed by atoms with van der Waals surface area (Å²) in [6.07, 6.45) is 4.41. The van der Waals surface area contributed by atoms with E-state index >= 15 is 0 Å². The number of aliphatic hydroxyl groups excluding tert-OH is 1. The van der Waals surface area contributed by atoms with E-state index in [4.69, 9.17) is 66.3 Å². The lowest BCUT2D eigenvalue weighted by molar-refractivity contribution is -0.371. The molecule has 79 heavy (non-hydrogen) atoms. The van der Waals surface area contributed by atoms with Crippen molar-refractivity contribution < 1.29 is 86.1 Å². The largest absolute Gasteiger partial charge is 0.481 e. The lowest BCUT2D eigenvalue weighted by Crippen LogP contribution is -2.62. The van der Waals surface area contributed by atoms with Gasteiger partial charge in [-0.25, -0.2) is 0 Å². The summed E-state index contributed by atoms with van der Waals surface area (Å²) in [5, 5.41) is 20.4. The second-order valence-corrected chi connectivity index (χ2v) is 28.2. The van der Waals surface area contributed by atoms with Crippen LogP contribution in [0.4, 0.5) is 0 Å². The fourth-order valence-corrected chi connectivity index (χ4v) is 18.9. The van der Waals surface area contributed by atoms with E-state index in [1.807, 2.05) is 0 Å². The van der Waals surface area contributed by atoms with E-state index in [0.29, 0.717) is 64.2 Å². The first-order chi connectivity index (χ1) is 37.8. The maximum absolute atomic E-state index is 14.8. The minimum Gasteiger partial charge on any atom is -0.481 e. The van der Waals surface area contributed by atoms with E-state index in [0.717, 1.165) is 49.7 Å². The van der Waals surface area contributed by atoms with Crippen molar-refractivity contribution in [1.82, 2.24) is 0 Å². The minimum absolute atomic E-state index is 0.0136. The van der Waals surface area contributed by atoms with Crippen molar-refractivity contribution in [1.29, 1.82) is 0 Å². The molecule has 0 radical (unpaired) electrons. The molecule has 0 aliphatic carbocycles. The van der Waals surface area contributed by atoms with Crippen LogP contribution in [0.3, 0.4) is 0 Å². The SMILES string of the molecule is C=C1C[C@@H]2CC[C@@]34C[C@]5(C)O[C@H]6[C@@H](O3)[C@H]3O[C@H](CC[C@@H]3O[C@H]6C5O4)CC(=O)C[C@@H]3[C@@H](C)[C@@H]4O[C@@H]5C[C@]6(C[C@@H]7O[C@]8(C[C@H](C)[C@@H]9O[C@H](CC(=O)O)[C@H](O)C[C@@H]9O8)C[C@H](C)[C@@H]7O6)O[C@@H]5C[C@@H]4O[C@H]3C[C@H]3O[C@@H](CC[C@@H]1O2)C[C@@H](C)C3=C. The van der Waals surface area contributed by atoms with Crippen molar-refractivity contribution in [2.24, 2.45) is 29.6 Å². The Morgan fingerprint density at radius 3 is 2.10 bits per heavy atom. The maximum Gasteiger partial charge on any atom is 0.306 e. The quantitative estimate of drug-likeness (QED) is 0.276. The van der Waals surface area contributed by atoms with E-state index < -0.39 is 47.2 Å². The van der Waals surface area contributed by atoms with Gasteiger partial charge in [-0.1, -0.05) is 40.9 Å². The highest BCUT2D eigenvalue weighted by Gasteiger charge is 2.73. The van der Waals surface area contributed by atoms with Gasteiger partial charge in [0.25, 0.3) is 0 Å². The van der Waals surface area contributed by atoms with Crippen LogP contribution >= 0.6 is 0 Å². The van der Waals surface area contributed by atoms with Crippen LogP contribution in [0.2, 0.25) is 0 Å². The van der Waals surface area contributed by atoms with Crippen molar-refractivity contribution in [2.45, 2.75) is 314 Å². The van der Waals surface area contributed by atoms with Crippen LogP contribution < -0.4 is 0 Å². The van der Waals surface area contributed by atoms with Gasteiger partial charge < -0.3 is 76.5 Å². The molecule has 3 spiro atoms.